The van der Waals surface area contributed by atoms with Crippen molar-refractivity contribution < 1.29 is 18.3 Å². The standard InChI is InChI=1S/C14H13F2N3O2/c15-14(16)21-12-3-1-11(2-4-12)19-13(20)8-5-9(17)7-10(18)6-8/h1-7,14H,17-18H2,(H,19,20). The number of anilines is 3. The van der Waals surface area contributed by atoms with E-state index in [1.54, 1.807) is 0 Å². The maximum absolute atomic E-state index is 12.0. The molecule has 21 heavy (non-hydrogen) atoms. The van der Waals surface area contributed by atoms with E-state index < -0.39 is 12.5 Å². The van der Waals surface area contributed by atoms with Gasteiger partial charge in [0.1, 0.15) is 5.75 Å². The molecule has 2 aromatic carbocycles. The van der Waals surface area contributed by atoms with Crippen LogP contribution < -0.4 is 21.5 Å². The summed E-state index contributed by atoms with van der Waals surface area (Å²) < 4.78 is 28.2. The zero-order chi connectivity index (χ0) is 15.4. The molecule has 0 aromatic heterocycles. The predicted molar refractivity (Wildman–Crippen MR) is 76.3 cm³/mol. The van der Waals surface area contributed by atoms with Crippen LogP contribution in [0.1, 0.15) is 10.4 Å². The highest BCUT2D eigenvalue weighted by Gasteiger charge is 2.09. The van der Waals surface area contributed by atoms with Crippen LogP contribution in [-0.4, -0.2) is 12.5 Å². The lowest BCUT2D eigenvalue weighted by Crippen LogP contribution is -2.12. The molecule has 5 nitrogen and oxygen atoms in total. The molecule has 0 spiro atoms. The molecular formula is C14H13F2N3O2. The number of carbonyl (C=O) groups excluding carboxylic acids is 1. The van der Waals surface area contributed by atoms with Gasteiger partial charge in [-0.05, 0) is 42.5 Å². The number of ether oxygens (including phenoxy) is 1. The summed E-state index contributed by atoms with van der Waals surface area (Å²) >= 11 is 0. The average Bonchev–Trinajstić information content (AvgIpc) is 2.39. The Morgan fingerprint density at radius 1 is 1.05 bits per heavy atom. The van der Waals surface area contributed by atoms with Crippen LogP contribution in [0.5, 0.6) is 5.75 Å². The van der Waals surface area contributed by atoms with Gasteiger partial charge >= 0.3 is 6.61 Å². The highest BCUT2D eigenvalue weighted by atomic mass is 19.3. The highest BCUT2D eigenvalue weighted by Crippen LogP contribution is 2.19. The molecule has 2 rings (SSSR count). The Morgan fingerprint density at radius 3 is 2.14 bits per heavy atom. The van der Waals surface area contributed by atoms with Crippen LogP contribution in [0.3, 0.4) is 0 Å². The van der Waals surface area contributed by atoms with E-state index in [4.69, 9.17) is 11.5 Å². The highest BCUT2D eigenvalue weighted by molar-refractivity contribution is 6.05. The van der Waals surface area contributed by atoms with Crippen molar-refractivity contribution in [3.63, 3.8) is 0 Å². The molecule has 0 aliphatic rings. The van der Waals surface area contributed by atoms with E-state index in [-0.39, 0.29) is 5.75 Å². The molecule has 7 heteroatoms. The van der Waals surface area contributed by atoms with E-state index in [2.05, 4.69) is 10.1 Å². The van der Waals surface area contributed by atoms with Crippen molar-refractivity contribution in [2.75, 3.05) is 16.8 Å². The summed E-state index contributed by atoms with van der Waals surface area (Å²) in [6.45, 7) is -2.89. The smallest absolute Gasteiger partial charge is 0.387 e. The average molecular weight is 293 g/mol. The van der Waals surface area contributed by atoms with Crippen molar-refractivity contribution in [1.29, 1.82) is 0 Å². The molecular weight excluding hydrogens is 280 g/mol. The number of benzene rings is 2. The van der Waals surface area contributed by atoms with E-state index in [0.29, 0.717) is 22.6 Å². The van der Waals surface area contributed by atoms with E-state index in [1.807, 2.05) is 0 Å². The molecule has 0 atom stereocenters. The lowest BCUT2D eigenvalue weighted by atomic mass is 10.1. The summed E-state index contributed by atoms with van der Waals surface area (Å²) in [4.78, 5) is 12.0. The number of nitrogens with two attached hydrogens (primary N) is 2. The van der Waals surface area contributed by atoms with Crippen molar-refractivity contribution in [2.45, 2.75) is 6.61 Å². The zero-order valence-electron chi connectivity index (χ0n) is 10.8. The third-order valence-corrected chi connectivity index (χ3v) is 2.58. The van der Waals surface area contributed by atoms with Crippen LogP contribution in [-0.2, 0) is 0 Å². The number of halogens is 2. The number of nitrogens with one attached hydrogen (secondary N) is 1. The number of carbonyl (C=O) groups is 1. The summed E-state index contributed by atoms with van der Waals surface area (Å²) in [7, 11) is 0. The van der Waals surface area contributed by atoms with Gasteiger partial charge in [-0.3, -0.25) is 4.79 Å². The Hall–Kier alpha value is -2.83. The minimum absolute atomic E-state index is 0.0104. The molecule has 0 heterocycles. The fourth-order valence-corrected chi connectivity index (χ4v) is 1.73. The minimum Gasteiger partial charge on any atom is -0.435 e. The summed E-state index contributed by atoms with van der Waals surface area (Å²) in [5.41, 5.74) is 12.7. The van der Waals surface area contributed by atoms with Gasteiger partial charge in [0.25, 0.3) is 5.91 Å². The number of nitrogen functional groups attached to an aromatic ring is 2. The van der Waals surface area contributed by atoms with Gasteiger partial charge < -0.3 is 21.5 Å². The topological polar surface area (TPSA) is 90.4 Å². The summed E-state index contributed by atoms with van der Waals surface area (Å²) in [5.74, 6) is -0.396. The lowest BCUT2D eigenvalue weighted by Gasteiger charge is -2.08. The van der Waals surface area contributed by atoms with Crippen LogP contribution in [0.4, 0.5) is 25.8 Å². The number of alkyl halides is 2. The van der Waals surface area contributed by atoms with E-state index in [9.17, 15) is 13.6 Å². The van der Waals surface area contributed by atoms with Crippen molar-refractivity contribution in [3.8, 4) is 5.75 Å². The predicted octanol–water partition coefficient (Wildman–Crippen LogP) is 2.70. The van der Waals surface area contributed by atoms with E-state index in [1.165, 1.54) is 42.5 Å². The maximum Gasteiger partial charge on any atom is 0.387 e. The molecule has 5 N–H and O–H groups in total. The number of hydrogen-bond acceptors (Lipinski definition) is 4. The second-order valence-corrected chi connectivity index (χ2v) is 4.25. The first-order valence-electron chi connectivity index (χ1n) is 5.96. The van der Waals surface area contributed by atoms with Crippen molar-refractivity contribution >= 4 is 23.0 Å². The Morgan fingerprint density at radius 2 is 1.62 bits per heavy atom. The van der Waals surface area contributed by atoms with Crippen molar-refractivity contribution in [1.82, 2.24) is 0 Å². The Balaban J connectivity index is 2.08. The van der Waals surface area contributed by atoms with Crippen LogP contribution in [0, 0.1) is 0 Å². The third kappa shape index (κ3) is 4.07. The second-order valence-electron chi connectivity index (χ2n) is 4.25. The Bertz CT molecular complexity index is 625. The number of amides is 1. The van der Waals surface area contributed by atoms with Gasteiger partial charge in [-0.15, -0.1) is 0 Å². The quantitative estimate of drug-likeness (QED) is 0.756. The van der Waals surface area contributed by atoms with Crippen LogP contribution in [0.2, 0.25) is 0 Å². The molecule has 0 aliphatic carbocycles. The van der Waals surface area contributed by atoms with E-state index >= 15 is 0 Å². The van der Waals surface area contributed by atoms with Gasteiger partial charge in [-0.1, -0.05) is 0 Å². The van der Waals surface area contributed by atoms with Crippen molar-refractivity contribution in [2.24, 2.45) is 0 Å². The monoisotopic (exact) mass is 293 g/mol. The normalized spacial score (nSPS) is 10.4. The molecule has 0 radical (unpaired) electrons. The summed E-state index contributed by atoms with van der Waals surface area (Å²) in [5, 5.41) is 2.60. The molecule has 0 saturated carbocycles. The van der Waals surface area contributed by atoms with Gasteiger partial charge in [0.2, 0.25) is 0 Å². The van der Waals surface area contributed by atoms with Gasteiger partial charge in [-0.25, -0.2) is 0 Å². The largest absolute Gasteiger partial charge is 0.435 e. The summed E-state index contributed by atoms with van der Waals surface area (Å²) in [6, 6.07) is 10.1. The molecule has 0 fully saturated rings. The first-order chi connectivity index (χ1) is 9.94. The SMILES string of the molecule is Nc1cc(N)cc(C(=O)Nc2ccc(OC(F)F)cc2)c1. The van der Waals surface area contributed by atoms with Gasteiger partial charge in [0.15, 0.2) is 0 Å². The number of rotatable bonds is 4. The van der Waals surface area contributed by atoms with Crippen LogP contribution in [0.15, 0.2) is 42.5 Å². The number of hydrogen-bond donors (Lipinski definition) is 3. The first kappa shape index (κ1) is 14.6. The molecule has 0 bridgehead atoms. The Labute approximate surface area is 119 Å². The molecule has 110 valence electrons. The van der Waals surface area contributed by atoms with Gasteiger partial charge in [0.05, 0.1) is 0 Å². The lowest BCUT2D eigenvalue weighted by molar-refractivity contribution is -0.0498. The third-order valence-electron chi connectivity index (χ3n) is 2.58. The molecule has 1 amide bonds. The van der Waals surface area contributed by atoms with Gasteiger partial charge in [-0.2, -0.15) is 8.78 Å². The van der Waals surface area contributed by atoms with E-state index in [0.717, 1.165) is 0 Å². The zero-order valence-corrected chi connectivity index (χ0v) is 10.8. The molecule has 0 saturated heterocycles. The second kappa shape index (κ2) is 6.08. The molecule has 0 aliphatic heterocycles. The van der Waals surface area contributed by atoms with Crippen LogP contribution in [0.25, 0.3) is 0 Å². The maximum atomic E-state index is 12.0. The fourth-order valence-electron chi connectivity index (χ4n) is 1.73. The Kier molecular flexibility index (Phi) is 4.22. The fraction of sp³-hybridized carbons (Fsp3) is 0.0714. The molecule has 2 aromatic rings. The molecule has 0 unspecified atom stereocenters. The van der Waals surface area contributed by atoms with Crippen LogP contribution >= 0.6 is 0 Å². The minimum atomic E-state index is -2.89. The summed E-state index contributed by atoms with van der Waals surface area (Å²) in [6.07, 6.45) is 0. The van der Waals surface area contributed by atoms with Crippen molar-refractivity contribution in [3.05, 3.63) is 48.0 Å². The first-order valence-corrected chi connectivity index (χ1v) is 5.96. The van der Waals surface area contributed by atoms with Gasteiger partial charge in [0, 0.05) is 22.6 Å².